The summed E-state index contributed by atoms with van der Waals surface area (Å²) in [4.78, 5) is 8.48. The van der Waals surface area contributed by atoms with Gasteiger partial charge in [-0.3, -0.25) is 9.55 Å². The summed E-state index contributed by atoms with van der Waals surface area (Å²) in [6.45, 7) is 2.10. The minimum atomic E-state index is 0.490. The van der Waals surface area contributed by atoms with Crippen molar-refractivity contribution >= 4 is 11.8 Å². The average Bonchev–Trinajstić information content (AvgIpc) is 3.20. The van der Waals surface area contributed by atoms with Crippen LogP contribution in [0.3, 0.4) is 0 Å². The lowest BCUT2D eigenvalue weighted by Crippen LogP contribution is -2.00. The Hall–Kier alpha value is -2.22. The van der Waals surface area contributed by atoms with E-state index in [1.54, 1.807) is 24.2 Å². The van der Waals surface area contributed by atoms with Crippen LogP contribution in [-0.2, 0) is 12.2 Å². The summed E-state index contributed by atoms with van der Waals surface area (Å²) < 4.78 is 7.52. The number of rotatable bonds is 7. The number of aromatic nitrogens is 6. The second kappa shape index (κ2) is 6.72. The number of hydrogen-bond donors (Lipinski definition) is 0. The highest BCUT2D eigenvalue weighted by Crippen LogP contribution is 2.41. The van der Waals surface area contributed by atoms with Crippen molar-refractivity contribution < 1.29 is 4.52 Å². The Morgan fingerprint density at radius 2 is 2.08 bits per heavy atom. The van der Waals surface area contributed by atoms with E-state index in [4.69, 9.17) is 4.52 Å². The van der Waals surface area contributed by atoms with E-state index in [1.165, 1.54) is 12.8 Å². The van der Waals surface area contributed by atoms with Gasteiger partial charge in [0.15, 0.2) is 16.8 Å². The van der Waals surface area contributed by atoms with Crippen molar-refractivity contribution in [2.45, 2.75) is 49.6 Å². The van der Waals surface area contributed by atoms with Crippen molar-refractivity contribution in [1.82, 2.24) is 29.9 Å². The molecule has 0 radical (unpaired) electrons. The lowest BCUT2D eigenvalue weighted by atomic mass is 10.2. The van der Waals surface area contributed by atoms with Gasteiger partial charge in [0, 0.05) is 30.4 Å². The molecule has 1 aliphatic rings. The molecule has 0 aliphatic heterocycles. The maximum atomic E-state index is 5.30. The summed E-state index contributed by atoms with van der Waals surface area (Å²) in [5, 5.41) is 13.7. The molecule has 0 saturated heterocycles. The molecule has 4 rings (SSSR count). The maximum Gasteiger partial charge on any atom is 0.237 e. The van der Waals surface area contributed by atoms with Crippen LogP contribution in [0.15, 0.2) is 34.2 Å². The van der Waals surface area contributed by atoms with E-state index in [2.05, 4.69) is 36.8 Å². The standard InChI is InChI=1S/C16H18N6OS/c1-2-3-13-18-14(23-21-13)10-24-16-20-19-15(22(16)12-4-5-12)11-6-8-17-9-7-11/h6-9,12H,2-5,10H2,1H3. The first-order valence-corrected chi connectivity index (χ1v) is 9.13. The molecule has 0 N–H and O–H groups in total. The van der Waals surface area contributed by atoms with Gasteiger partial charge in [-0.1, -0.05) is 23.8 Å². The normalized spacial score (nSPS) is 14.2. The van der Waals surface area contributed by atoms with Crippen LogP contribution in [0.5, 0.6) is 0 Å². The van der Waals surface area contributed by atoms with Crippen molar-refractivity contribution in [1.29, 1.82) is 0 Å². The molecule has 0 aromatic carbocycles. The van der Waals surface area contributed by atoms with Crippen LogP contribution in [-0.4, -0.2) is 29.9 Å². The molecule has 0 unspecified atom stereocenters. The van der Waals surface area contributed by atoms with E-state index in [9.17, 15) is 0 Å². The van der Waals surface area contributed by atoms with Crippen LogP contribution in [0.1, 0.15) is 43.9 Å². The molecular formula is C16H18N6OS. The third kappa shape index (κ3) is 3.19. The van der Waals surface area contributed by atoms with Crippen LogP contribution in [0, 0.1) is 0 Å². The van der Waals surface area contributed by atoms with E-state index in [-0.39, 0.29) is 0 Å². The van der Waals surface area contributed by atoms with Crippen molar-refractivity contribution in [3.8, 4) is 11.4 Å². The monoisotopic (exact) mass is 342 g/mol. The van der Waals surface area contributed by atoms with Crippen molar-refractivity contribution in [3.05, 3.63) is 36.2 Å². The Labute approximate surface area is 143 Å². The van der Waals surface area contributed by atoms with Gasteiger partial charge in [-0.25, -0.2) is 0 Å². The van der Waals surface area contributed by atoms with Gasteiger partial charge < -0.3 is 4.52 Å². The van der Waals surface area contributed by atoms with Gasteiger partial charge in [0.2, 0.25) is 5.89 Å². The second-order valence-corrected chi connectivity index (χ2v) is 6.73. The zero-order chi connectivity index (χ0) is 16.4. The summed E-state index contributed by atoms with van der Waals surface area (Å²) >= 11 is 1.59. The lowest BCUT2D eigenvalue weighted by Gasteiger charge is -2.07. The van der Waals surface area contributed by atoms with Gasteiger partial charge in [-0.15, -0.1) is 10.2 Å². The fourth-order valence-electron chi connectivity index (χ4n) is 2.54. The van der Waals surface area contributed by atoms with E-state index in [0.29, 0.717) is 17.7 Å². The maximum absolute atomic E-state index is 5.30. The van der Waals surface area contributed by atoms with Gasteiger partial charge in [-0.05, 0) is 31.4 Å². The highest BCUT2D eigenvalue weighted by molar-refractivity contribution is 7.98. The van der Waals surface area contributed by atoms with E-state index < -0.39 is 0 Å². The smallest absolute Gasteiger partial charge is 0.237 e. The zero-order valence-corrected chi connectivity index (χ0v) is 14.2. The largest absolute Gasteiger partial charge is 0.338 e. The third-order valence-electron chi connectivity index (χ3n) is 3.82. The predicted molar refractivity (Wildman–Crippen MR) is 89.4 cm³/mol. The van der Waals surface area contributed by atoms with Crippen LogP contribution < -0.4 is 0 Å². The summed E-state index contributed by atoms with van der Waals surface area (Å²) in [6, 6.07) is 4.42. The molecule has 124 valence electrons. The summed E-state index contributed by atoms with van der Waals surface area (Å²) in [6.07, 6.45) is 7.76. The Balaban J connectivity index is 1.54. The van der Waals surface area contributed by atoms with Crippen LogP contribution in [0.4, 0.5) is 0 Å². The highest BCUT2D eigenvalue weighted by atomic mass is 32.2. The zero-order valence-electron chi connectivity index (χ0n) is 13.4. The number of pyridine rings is 1. The second-order valence-electron chi connectivity index (χ2n) is 5.79. The van der Waals surface area contributed by atoms with Gasteiger partial charge in [-0.2, -0.15) is 4.98 Å². The van der Waals surface area contributed by atoms with Crippen molar-refractivity contribution in [3.63, 3.8) is 0 Å². The van der Waals surface area contributed by atoms with Gasteiger partial charge in [0.05, 0.1) is 5.75 Å². The van der Waals surface area contributed by atoms with Crippen LogP contribution >= 0.6 is 11.8 Å². The summed E-state index contributed by atoms with van der Waals surface area (Å²) in [7, 11) is 0. The Bertz CT molecular complexity index is 811. The number of nitrogens with zero attached hydrogens (tertiary/aromatic N) is 6. The van der Waals surface area contributed by atoms with Crippen LogP contribution in [0.25, 0.3) is 11.4 Å². The Kier molecular flexibility index (Phi) is 4.29. The molecule has 3 heterocycles. The first-order chi connectivity index (χ1) is 11.8. The predicted octanol–water partition coefficient (Wildman–Crippen LogP) is 3.30. The molecule has 3 aromatic heterocycles. The minimum Gasteiger partial charge on any atom is -0.338 e. The molecular weight excluding hydrogens is 324 g/mol. The molecule has 8 heteroatoms. The molecule has 0 atom stereocenters. The summed E-state index contributed by atoms with van der Waals surface area (Å²) in [5.74, 6) is 2.92. The minimum absolute atomic E-state index is 0.490. The van der Waals surface area contributed by atoms with E-state index in [0.717, 1.165) is 35.2 Å². The molecule has 7 nitrogen and oxygen atoms in total. The highest BCUT2D eigenvalue weighted by Gasteiger charge is 2.30. The average molecular weight is 342 g/mol. The molecule has 1 saturated carbocycles. The third-order valence-corrected chi connectivity index (χ3v) is 4.75. The topological polar surface area (TPSA) is 82.5 Å². The fourth-order valence-corrected chi connectivity index (χ4v) is 3.38. The van der Waals surface area contributed by atoms with E-state index in [1.807, 2.05) is 12.1 Å². The van der Waals surface area contributed by atoms with Gasteiger partial charge in [0.25, 0.3) is 0 Å². The first kappa shape index (κ1) is 15.3. The van der Waals surface area contributed by atoms with Crippen molar-refractivity contribution in [2.75, 3.05) is 0 Å². The Morgan fingerprint density at radius 3 is 2.83 bits per heavy atom. The van der Waals surface area contributed by atoms with E-state index >= 15 is 0 Å². The van der Waals surface area contributed by atoms with Crippen LogP contribution in [0.2, 0.25) is 0 Å². The lowest BCUT2D eigenvalue weighted by molar-refractivity contribution is 0.384. The molecule has 0 bridgehead atoms. The quantitative estimate of drug-likeness (QED) is 0.609. The molecule has 3 aromatic rings. The number of aryl methyl sites for hydroxylation is 1. The first-order valence-electron chi connectivity index (χ1n) is 8.14. The van der Waals surface area contributed by atoms with Gasteiger partial charge >= 0.3 is 0 Å². The summed E-state index contributed by atoms with van der Waals surface area (Å²) in [5.41, 5.74) is 1.04. The number of hydrogen-bond acceptors (Lipinski definition) is 7. The molecule has 0 amide bonds. The fraction of sp³-hybridized carbons (Fsp3) is 0.438. The molecule has 24 heavy (non-hydrogen) atoms. The van der Waals surface area contributed by atoms with Gasteiger partial charge in [0.1, 0.15) is 0 Å². The SMILES string of the molecule is CCCc1noc(CSc2nnc(-c3ccncc3)n2C2CC2)n1. The molecule has 1 fully saturated rings. The number of thioether (sulfide) groups is 1. The molecule has 0 spiro atoms. The Morgan fingerprint density at radius 1 is 1.25 bits per heavy atom. The van der Waals surface area contributed by atoms with Crippen molar-refractivity contribution in [2.24, 2.45) is 0 Å². The molecule has 1 aliphatic carbocycles.